The first-order valence-electron chi connectivity index (χ1n) is 11.8. The molecule has 0 aliphatic carbocycles. The molecule has 3 aromatic rings. The van der Waals surface area contributed by atoms with E-state index in [0.717, 1.165) is 36.4 Å². The van der Waals surface area contributed by atoms with Crippen LogP contribution in [0.5, 0.6) is 11.5 Å². The van der Waals surface area contributed by atoms with Gasteiger partial charge in [0.15, 0.2) is 17.3 Å². The zero-order valence-electron chi connectivity index (χ0n) is 20.5. The summed E-state index contributed by atoms with van der Waals surface area (Å²) in [6.45, 7) is 4.47. The van der Waals surface area contributed by atoms with E-state index in [0.29, 0.717) is 42.3 Å². The minimum atomic E-state index is -4.45. The summed E-state index contributed by atoms with van der Waals surface area (Å²) in [5.74, 6) is 0.381. The number of aliphatic carboxylic acids is 1. The van der Waals surface area contributed by atoms with Crippen LogP contribution in [0.3, 0.4) is 0 Å². The third-order valence-corrected chi connectivity index (χ3v) is 5.78. The van der Waals surface area contributed by atoms with Gasteiger partial charge in [0.25, 0.3) is 0 Å². The van der Waals surface area contributed by atoms with Crippen molar-refractivity contribution >= 4 is 5.97 Å². The van der Waals surface area contributed by atoms with E-state index in [1.807, 2.05) is 0 Å². The van der Waals surface area contributed by atoms with Crippen LogP contribution in [0.2, 0.25) is 0 Å². The van der Waals surface area contributed by atoms with Gasteiger partial charge in [0, 0.05) is 23.9 Å². The van der Waals surface area contributed by atoms with Crippen molar-refractivity contribution in [3.63, 3.8) is 0 Å². The highest BCUT2D eigenvalue weighted by molar-refractivity contribution is 5.72. The molecule has 0 aliphatic heterocycles. The topological polar surface area (TPSA) is 86.5 Å². The van der Waals surface area contributed by atoms with E-state index in [9.17, 15) is 23.1 Å². The van der Waals surface area contributed by atoms with Gasteiger partial charge >= 0.3 is 12.1 Å². The first kappa shape index (κ1) is 27.0. The molecule has 10 heteroatoms. The minimum Gasteiger partial charge on any atom is -0.493 e. The average Bonchev–Trinajstić information content (AvgIpc) is 3.26. The standard InChI is InChI=1S/C26H30F3N3O4/c1-4-7-17(2)24-19(16-32(31-24)22-12-11-20(15-30-22)26(27,28)29)9-6-13-36-25-18(14-23(33)34)8-5-10-21(25)35-3/h5,8,10-12,15-17H,4,6-7,9,13-14H2,1-3H3,(H,33,34). The van der Waals surface area contributed by atoms with Gasteiger partial charge in [-0.05, 0) is 43.0 Å². The van der Waals surface area contributed by atoms with Crippen molar-refractivity contribution in [2.45, 2.75) is 58.0 Å². The summed E-state index contributed by atoms with van der Waals surface area (Å²) in [6, 6.07) is 7.43. The van der Waals surface area contributed by atoms with Crippen LogP contribution in [-0.4, -0.2) is 39.6 Å². The lowest BCUT2D eigenvalue weighted by Gasteiger charge is -2.14. The maximum absolute atomic E-state index is 12.9. The summed E-state index contributed by atoms with van der Waals surface area (Å²) in [7, 11) is 1.50. The molecular formula is C26H30F3N3O4. The number of methoxy groups -OCH3 is 1. The fourth-order valence-corrected chi connectivity index (χ4v) is 4.03. The predicted molar refractivity (Wildman–Crippen MR) is 128 cm³/mol. The van der Waals surface area contributed by atoms with E-state index in [-0.39, 0.29) is 12.3 Å². The van der Waals surface area contributed by atoms with Crippen LogP contribution < -0.4 is 9.47 Å². The Morgan fingerprint density at radius 2 is 1.97 bits per heavy atom. The van der Waals surface area contributed by atoms with Crippen LogP contribution in [-0.2, 0) is 23.8 Å². The summed E-state index contributed by atoms with van der Waals surface area (Å²) in [6.07, 6.45) is 1.09. The molecule has 7 nitrogen and oxygen atoms in total. The molecule has 0 aliphatic rings. The van der Waals surface area contributed by atoms with Crippen LogP contribution in [0.25, 0.3) is 5.82 Å². The number of carboxylic acid groups (broad SMARTS) is 1. The highest BCUT2D eigenvalue weighted by Gasteiger charge is 2.30. The van der Waals surface area contributed by atoms with Crippen LogP contribution in [0, 0.1) is 0 Å². The van der Waals surface area contributed by atoms with E-state index < -0.39 is 17.7 Å². The van der Waals surface area contributed by atoms with E-state index >= 15 is 0 Å². The Balaban J connectivity index is 1.76. The molecule has 0 radical (unpaired) electrons. The molecule has 0 spiro atoms. The molecule has 1 aromatic carbocycles. The molecule has 194 valence electrons. The Kier molecular flexibility index (Phi) is 8.95. The first-order valence-corrected chi connectivity index (χ1v) is 11.8. The summed E-state index contributed by atoms with van der Waals surface area (Å²) >= 11 is 0. The minimum absolute atomic E-state index is 0.165. The molecule has 0 fully saturated rings. The van der Waals surface area contributed by atoms with Crippen molar-refractivity contribution in [3.8, 4) is 17.3 Å². The number of hydrogen-bond donors (Lipinski definition) is 1. The zero-order valence-corrected chi connectivity index (χ0v) is 20.5. The second-order valence-corrected chi connectivity index (χ2v) is 8.55. The fourth-order valence-electron chi connectivity index (χ4n) is 4.03. The molecule has 1 atom stereocenters. The molecular weight excluding hydrogens is 475 g/mol. The summed E-state index contributed by atoms with van der Waals surface area (Å²) < 4.78 is 51.5. The number of halogens is 3. The third-order valence-electron chi connectivity index (χ3n) is 5.78. The molecule has 3 rings (SSSR count). The Morgan fingerprint density at radius 1 is 1.19 bits per heavy atom. The zero-order chi connectivity index (χ0) is 26.3. The van der Waals surface area contributed by atoms with Gasteiger partial charge in [-0.1, -0.05) is 32.4 Å². The van der Waals surface area contributed by atoms with Gasteiger partial charge in [-0.15, -0.1) is 0 Å². The summed E-state index contributed by atoms with van der Waals surface area (Å²) in [4.78, 5) is 15.2. The Labute approximate surface area is 207 Å². The van der Waals surface area contributed by atoms with E-state index in [4.69, 9.17) is 9.47 Å². The number of benzene rings is 1. The molecule has 36 heavy (non-hydrogen) atoms. The highest BCUT2D eigenvalue weighted by atomic mass is 19.4. The Morgan fingerprint density at radius 3 is 2.58 bits per heavy atom. The maximum Gasteiger partial charge on any atom is 0.417 e. The van der Waals surface area contributed by atoms with Crippen molar-refractivity contribution in [3.05, 3.63) is 65.1 Å². The second-order valence-electron chi connectivity index (χ2n) is 8.55. The number of alkyl halides is 3. The molecule has 0 amide bonds. The smallest absolute Gasteiger partial charge is 0.417 e. The van der Waals surface area contributed by atoms with Crippen molar-refractivity contribution in [1.82, 2.24) is 14.8 Å². The number of para-hydroxylation sites is 1. The van der Waals surface area contributed by atoms with Crippen molar-refractivity contribution < 1.29 is 32.5 Å². The van der Waals surface area contributed by atoms with Gasteiger partial charge in [0.1, 0.15) is 0 Å². The number of aryl methyl sites for hydroxylation is 1. The second kappa shape index (κ2) is 11.9. The molecule has 1 unspecified atom stereocenters. The number of hydrogen-bond acceptors (Lipinski definition) is 5. The van der Waals surface area contributed by atoms with Gasteiger partial charge in [-0.2, -0.15) is 18.3 Å². The number of ether oxygens (including phenoxy) is 2. The van der Waals surface area contributed by atoms with Gasteiger partial charge in [-0.3, -0.25) is 4.79 Å². The van der Waals surface area contributed by atoms with Gasteiger partial charge in [-0.25, -0.2) is 9.67 Å². The number of aromatic nitrogens is 3. The number of pyridine rings is 1. The molecule has 2 aromatic heterocycles. The van der Waals surface area contributed by atoms with E-state index in [2.05, 4.69) is 23.9 Å². The van der Waals surface area contributed by atoms with Gasteiger partial charge < -0.3 is 14.6 Å². The van der Waals surface area contributed by atoms with Crippen molar-refractivity contribution in [2.24, 2.45) is 0 Å². The van der Waals surface area contributed by atoms with Crippen LogP contribution >= 0.6 is 0 Å². The lowest BCUT2D eigenvalue weighted by atomic mass is 9.97. The quantitative estimate of drug-likeness (QED) is 0.312. The lowest BCUT2D eigenvalue weighted by molar-refractivity contribution is -0.138. The maximum atomic E-state index is 12.9. The van der Waals surface area contributed by atoms with Crippen molar-refractivity contribution in [2.75, 3.05) is 13.7 Å². The largest absolute Gasteiger partial charge is 0.493 e. The molecule has 2 heterocycles. The molecule has 0 saturated carbocycles. The average molecular weight is 506 g/mol. The molecule has 0 bridgehead atoms. The predicted octanol–water partition coefficient (Wildman–Crippen LogP) is 5.84. The Hall–Kier alpha value is -3.56. The number of carboxylic acids is 1. The number of carbonyl (C=O) groups is 1. The van der Waals surface area contributed by atoms with Gasteiger partial charge in [0.05, 0.1) is 31.4 Å². The summed E-state index contributed by atoms with van der Waals surface area (Å²) in [5, 5.41) is 13.8. The third kappa shape index (κ3) is 6.77. The lowest BCUT2D eigenvalue weighted by Crippen LogP contribution is -2.07. The molecule has 1 N–H and O–H groups in total. The highest BCUT2D eigenvalue weighted by Crippen LogP contribution is 2.32. The number of nitrogens with zero attached hydrogens (tertiary/aromatic N) is 3. The van der Waals surface area contributed by atoms with Crippen LogP contribution in [0.15, 0.2) is 42.7 Å². The normalized spacial score (nSPS) is 12.4. The van der Waals surface area contributed by atoms with Gasteiger partial charge in [0.2, 0.25) is 0 Å². The number of rotatable bonds is 12. The van der Waals surface area contributed by atoms with Crippen LogP contribution in [0.1, 0.15) is 61.4 Å². The van der Waals surface area contributed by atoms with Crippen molar-refractivity contribution in [1.29, 1.82) is 0 Å². The van der Waals surface area contributed by atoms with E-state index in [1.165, 1.54) is 17.9 Å². The van der Waals surface area contributed by atoms with Crippen LogP contribution in [0.4, 0.5) is 13.2 Å². The van der Waals surface area contributed by atoms with E-state index in [1.54, 1.807) is 24.4 Å². The summed E-state index contributed by atoms with van der Waals surface area (Å²) in [5.41, 5.74) is 1.56. The Bertz CT molecular complexity index is 1160. The fraction of sp³-hybridized carbons (Fsp3) is 0.423. The molecule has 0 saturated heterocycles. The monoisotopic (exact) mass is 505 g/mol. The SMILES string of the molecule is CCCC(C)c1nn(-c2ccc(C(F)(F)F)cn2)cc1CCCOc1c(CC(=O)O)cccc1OC. The first-order chi connectivity index (χ1) is 17.1.